The maximum Gasteiger partial charge on any atom is 0.165 e. The molecule has 0 amide bonds. The number of rotatable bonds is 1. The van der Waals surface area contributed by atoms with E-state index in [1.54, 1.807) is 7.11 Å². The fraction of sp³-hybridized carbons (Fsp3) is 0.400. The Labute approximate surface area is 103 Å². The molecule has 0 saturated heterocycles. The maximum atomic E-state index is 5.98. The molecule has 5 heteroatoms. The van der Waals surface area contributed by atoms with Gasteiger partial charge in [0.25, 0.3) is 0 Å². The molecule has 1 atom stereocenters. The van der Waals surface area contributed by atoms with Crippen molar-refractivity contribution in [1.29, 1.82) is 0 Å². The van der Waals surface area contributed by atoms with Crippen LogP contribution in [0.25, 0.3) is 0 Å². The minimum Gasteiger partial charge on any atom is -0.493 e. The summed E-state index contributed by atoms with van der Waals surface area (Å²) in [6.45, 7) is 0.659. The summed E-state index contributed by atoms with van der Waals surface area (Å²) in [6.07, 6.45) is 0.854. The number of ether oxygens (including phenoxy) is 2. The number of fused-ring (bicyclic) bond motifs is 1. The maximum absolute atomic E-state index is 5.98. The topological polar surface area (TPSA) is 44.5 Å². The van der Waals surface area contributed by atoms with Crippen molar-refractivity contribution in [1.82, 2.24) is 0 Å². The van der Waals surface area contributed by atoms with Gasteiger partial charge in [0.15, 0.2) is 11.5 Å². The molecule has 0 aliphatic carbocycles. The van der Waals surface area contributed by atoms with Crippen LogP contribution in [-0.4, -0.2) is 13.7 Å². The lowest BCUT2D eigenvalue weighted by Crippen LogP contribution is -2.21. The number of nitrogens with two attached hydrogens (primary N) is 1. The van der Waals surface area contributed by atoms with Crippen LogP contribution < -0.4 is 15.2 Å². The van der Waals surface area contributed by atoms with E-state index in [9.17, 15) is 0 Å². The second-order valence-electron chi connectivity index (χ2n) is 3.27. The van der Waals surface area contributed by atoms with Crippen LogP contribution in [0.2, 0.25) is 0 Å². The first-order valence-corrected chi connectivity index (χ1v) is 5.27. The highest BCUT2D eigenvalue weighted by Gasteiger charge is 2.22. The van der Waals surface area contributed by atoms with E-state index in [1.807, 2.05) is 12.1 Å². The molecule has 1 aromatic rings. The van der Waals surface area contributed by atoms with Crippen molar-refractivity contribution < 1.29 is 9.47 Å². The molecular weight excluding hydrogens is 281 g/mol. The third-order valence-electron chi connectivity index (χ3n) is 2.34. The summed E-state index contributed by atoms with van der Waals surface area (Å²) in [5.74, 6) is 1.53. The number of hydrogen-bond donors (Lipinski definition) is 1. The molecule has 0 fully saturated rings. The summed E-state index contributed by atoms with van der Waals surface area (Å²) in [6, 6.07) is 3.92. The van der Waals surface area contributed by atoms with Gasteiger partial charge in [0, 0.05) is 22.5 Å². The molecule has 0 radical (unpaired) electrons. The van der Waals surface area contributed by atoms with Gasteiger partial charge in [-0.25, -0.2) is 0 Å². The van der Waals surface area contributed by atoms with Gasteiger partial charge in [-0.15, -0.1) is 12.4 Å². The van der Waals surface area contributed by atoms with Crippen LogP contribution in [-0.2, 0) is 0 Å². The van der Waals surface area contributed by atoms with Crippen molar-refractivity contribution >= 4 is 28.3 Å². The Bertz CT molecular complexity index is 360. The lowest BCUT2D eigenvalue weighted by atomic mass is 10.0. The molecule has 0 aromatic heterocycles. The van der Waals surface area contributed by atoms with E-state index in [2.05, 4.69) is 15.9 Å². The minimum absolute atomic E-state index is 0. The smallest absolute Gasteiger partial charge is 0.165 e. The zero-order valence-corrected chi connectivity index (χ0v) is 10.7. The molecule has 15 heavy (non-hydrogen) atoms. The second-order valence-corrected chi connectivity index (χ2v) is 4.19. The van der Waals surface area contributed by atoms with Crippen molar-refractivity contribution in [3.8, 4) is 11.5 Å². The van der Waals surface area contributed by atoms with Crippen molar-refractivity contribution in [3.05, 3.63) is 22.2 Å². The third-order valence-corrected chi connectivity index (χ3v) is 2.80. The number of methoxy groups -OCH3 is 1. The summed E-state index contributed by atoms with van der Waals surface area (Å²) in [7, 11) is 1.63. The van der Waals surface area contributed by atoms with Gasteiger partial charge in [0.1, 0.15) is 0 Å². The molecule has 1 heterocycles. The first-order chi connectivity index (χ1) is 6.72. The fourth-order valence-electron chi connectivity index (χ4n) is 1.61. The summed E-state index contributed by atoms with van der Waals surface area (Å²) in [5.41, 5.74) is 7.00. The number of benzene rings is 1. The molecule has 2 rings (SSSR count). The average molecular weight is 295 g/mol. The van der Waals surface area contributed by atoms with E-state index < -0.39 is 0 Å². The average Bonchev–Trinajstić information content (AvgIpc) is 2.18. The Morgan fingerprint density at radius 3 is 2.93 bits per heavy atom. The van der Waals surface area contributed by atoms with Crippen LogP contribution in [0.15, 0.2) is 16.6 Å². The van der Waals surface area contributed by atoms with Gasteiger partial charge in [-0.3, -0.25) is 0 Å². The van der Waals surface area contributed by atoms with E-state index in [4.69, 9.17) is 15.2 Å². The van der Waals surface area contributed by atoms with Crippen LogP contribution in [0, 0.1) is 0 Å². The SMILES string of the molecule is COc1cc(Br)cc2c1OCC[C@@H]2N.Cl. The summed E-state index contributed by atoms with van der Waals surface area (Å²) in [4.78, 5) is 0. The molecule has 2 N–H and O–H groups in total. The summed E-state index contributed by atoms with van der Waals surface area (Å²) >= 11 is 3.42. The molecule has 0 unspecified atom stereocenters. The van der Waals surface area contributed by atoms with E-state index in [-0.39, 0.29) is 18.4 Å². The highest BCUT2D eigenvalue weighted by atomic mass is 79.9. The van der Waals surface area contributed by atoms with Gasteiger partial charge >= 0.3 is 0 Å². The molecule has 3 nitrogen and oxygen atoms in total. The fourth-order valence-corrected chi connectivity index (χ4v) is 2.07. The van der Waals surface area contributed by atoms with Gasteiger partial charge in [-0.2, -0.15) is 0 Å². The Morgan fingerprint density at radius 1 is 1.53 bits per heavy atom. The van der Waals surface area contributed by atoms with E-state index >= 15 is 0 Å². The second kappa shape index (κ2) is 5.05. The van der Waals surface area contributed by atoms with Gasteiger partial charge in [0.05, 0.1) is 13.7 Å². The van der Waals surface area contributed by atoms with E-state index in [0.29, 0.717) is 6.61 Å². The predicted molar refractivity (Wildman–Crippen MR) is 65.0 cm³/mol. The van der Waals surface area contributed by atoms with Gasteiger partial charge in [0.2, 0.25) is 0 Å². The van der Waals surface area contributed by atoms with Gasteiger partial charge < -0.3 is 15.2 Å². The Morgan fingerprint density at radius 2 is 2.27 bits per heavy atom. The van der Waals surface area contributed by atoms with Crippen molar-refractivity contribution in [2.24, 2.45) is 5.73 Å². The van der Waals surface area contributed by atoms with Crippen molar-refractivity contribution in [2.45, 2.75) is 12.5 Å². The molecule has 84 valence electrons. The Balaban J connectivity index is 0.00000112. The molecule has 0 saturated carbocycles. The highest BCUT2D eigenvalue weighted by molar-refractivity contribution is 9.10. The van der Waals surface area contributed by atoms with Crippen LogP contribution in [0.1, 0.15) is 18.0 Å². The lowest BCUT2D eigenvalue weighted by Gasteiger charge is -2.24. The van der Waals surface area contributed by atoms with Crippen LogP contribution >= 0.6 is 28.3 Å². The monoisotopic (exact) mass is 293 g/mol. The lowest BCUT2D eigenvalue weighted by molar-refractivity contribution is 0.252. The zero-order valence-electron chi connectivity index (χ0n) is 8.33. The van der Waals surface area contributed by atoms with E-state index in [0.717, 1.165) is 28.0 Å². The summed E-state index contributed by atoms with van der Waals surface area (Å²) in [5, 5.41) is 0. The molecular formula is C10H13BrClNO2. The molecule has 1 aromatic carbocycles. The first-order valence-electron chi connectivity index (χ1n) is 4.48. The molecule has 1 aliphatic rings. The normalized spacial score (nSPS) is 18.5. The predicted octanol–water partition coefficient (Wildman–Crippen LogP) is 2.66. The number of halogens is 2. The zero-order chi connectivity index (χ0) is 10.1. The van der Waals surface area contributed by atoms with Gasteiger partial charge in [-0.05, 0) is 12.1 Å². The standard InChI is InChI=1S/C10H12BrNO2.ClH/c1-13-9-5-6(11)4-7-8(12)2-3-14-10(7)9;/h4-5,8H,2-3,12H2,1H3;1H/t8-;/m0./s1. The largest absolute Gasteiger partial charge is 0.493 e. The van der Waals surface area contributed by atoms with Crippen LogP contribution in [0.3, 0.4) is 0 Å². The Kier molecular flexibility index (Phi) is 4.25. The quantitative estimate of drug-likeness (QED) is 0.866. The third kappa shape index (κ3) is 2.38. The molecule has 0 bridgehead atoms. The van der Waals surface area contributed by atoms with Crippen LogP contribution in [0.5, 0.6) is 11.5 Å². The molecule has 0 spiro atoms. The van der Waals surface area contributed by atoms with E-state index in [1.165, 1.54) is 0 Å². The minimum atomic E-state index is 0. The van der Waals surface area contributed by atoms with Gasteiger partial charge in [-0.1, -0.05) is 15.9 Å². The van der Waals surface area contributed by atoms with Crippen molar-refractivity contribution in [3.63, 3.8) is 0 Å². The molecule has 1 aliphatic heterocycles. The first kappa shape index (κ1) is 12.6. The summed E-state index contributed by atoms with van der Waals surface area (Å²) < 4.78 is 11.7. The number of hydrogen-bond acceptors (Lipinski definition) is 3. The van der Waals surface area contributed by atoms with Crippen molar-refractivity contribution in [2.75, 3.05) is 13.7 Å². The highest BCUT2D eigenvalue weighted by Crippen LogP contribution is 2.40. The Hall–Kier alpha value is -0.450. The van der Waals surface area contributed by atoms with Crippen LogP contribution in [0.4, 0.5) is 0 Å².